The topological polar surface area (TPSA) is 95.4 Å². The van der Waals surface area contributed by atoms with Crippen molar-refractivity contribution in [3.05, 3.63) is 102 Å². The number of hydrogen-bond donors (Lipinski definition) is 2. The maximum absolute atomic E-state index is 12.8. The first-order valence-corrected chi connectivity index (χ1v) is 14.6. The Labute approximate surface area is 247 Å². The number of nitrogens with zero attached hydrogens (tertiary/aromatic N) is 3. The number of rotatable bonds is 8. The van der Waals surface area contributed by atoms with E-state index in [1.807, 2.05) is 48.8 Å². The van der Waals surface area contributed by atoms with E-state index in [0.717, 1.165) is 40.9 Å². The summed E-state index contributed by atoms with van der Waals surface area (Å²) in [5, 5.41) is 12.4. The van der Waals surface area contributed by atoms with Crippen LogP contribution in [0.3, 0.4) is 0 Å². The maximum atomic E-state index is 12.8. The van der Waals surface area contributed by atoms with Gasteiger partial charge in [0.2, 0.25) is 0 Å². The number of benzene rings is 3. The van der Waals surface area contributed by atoms with Gasteiger partial charge in [-0.25, -0.2) is 14.8 Å². The normalized spacial score (nSPS) is 14.3. The van der Waals surface area contributed by atoms with Gasteiger partial charge in [0.1, 0.15) is 6.04 Å². The van der Waals surface area contributed by atoms with Crippen LogP contribution in [-0.4, -0.2) is 46.1 Å². The fourth-order valence-electron chi connectivity index (χ4n) is 5.23. The first-order chi connectivity index (χ1) is 20.2. The van der Waals surface area contributed by atoms with Crippen LogP contribution in [0.4, 0.5) is 5.69 Å². The Morgan fingerprint density at radius 1 is 0.810 bits per heavy atom. The van der Waals surface area contributed by atoms with Gasteiger partial charge < -0.3 is 15.3 Å². The maximum Gasteiger partial charge on any atom is 0.326 e. The van der Waals surface area contributed by atoms with Crippen molar-refractivity contribution in [3.63, 3.8) is 0 Å². The van der Waals surface area contributed by atoms with Gasteiger partial charge in [-0.15, -0.1) is 0 Å². The lowest BCUT2D eigenvalue weighted by Gasteiger charge is -2.28. The van der Waals surface area contributed by atoms with Crippen LogP contribution >= 0.6 is 0 Å². The largest absolute Gasteiger partial charge is 0.480 e. The van der Waals surface area contributed by atoms with E-state index < -0.39 is 17.9 Å². The molecule has 0 saturated carbocycles. The second kappa shape index (κ2) is 12.6. The summed E-state index contributed by atoms with van der Waals surface area (Å²) in [6, 6.07) is 22.3. The Bertz CT molecular complexity index is 1500. The number of aliphatic carboxylic acids is 1. The Hall–Kier alpha value is -4.52. The van der Waals surface area contributed by atoms with E-state index in [0.29, 0.717) is 11.4 Å². The highest BCUT2D eigenvalue weighted by molar-refractivity contribution is 5.96. The van der Waals surface area contributed by atoms with Crippen LogP contribution in [-0.2, 0) is 16.6 Å². The molecular weight excluding hydrogens is 524 g/mol. The molecule has 0 radical (unpaired) electrons. The number of aromatic nitrogens is 2. The summed E-state index contributed by atoms with van der Waals surface area (Å²) in [6.45, 7) is 8.54. The van der Waals surface area contributed by atoms with Gasteiger partial charge in [0, 0.05) is 54.3 Å². The van der Waals surface area contributed by atoms with Gasteiger partial charge >= 0.3 is 5.97 Å². The highest BCUT2D eigenvalue weighted by Crippen LogP contribution is 2.26. The molecule has 0 spiro atoms. The van der Waals surface area contributed by atoms with Gasteiger partial charge in [-0.3, -0.25) is 4.79 Å². The number of nitrogens with one attached hydrogen (secondary N) is 1. The van der Waals surface area contributed by atoms with Crippen molar-refractivity contribution in [2.24, 2.45) is 0 Å². The third kappa shape index (κ3) is 7.03. The molecule has 1 amide bonds. The molecule has 1 aromatic heterocycles. The van der Waals surface area contributed by atoms with Crippen molar-refractivity contribution < 1.29 is 14.7 Å². The summed E-state index contributed by atoms with van der Waals surface area (Å²) in [4.78, 5) is 36.3. The van der Waals surface area contributed by atoms with Crippen LogP contribution in [0.15, 0.2) is 85.2 Å². The molecule has 2 N–H and O–H groups in total. The predicted octanol–water partition coefficient (Wildman–Crippen LogP) is 6.52. The van der Waals surface area contributed by atoms with Crippen molar-refractivity contribution in [1.29, 1.82) is 0 Å². The lowest BCUT2D eigenvalue weighted by Crippen LogP contribution is -2.42. The number of carboxylic acids is 1. The van der Waals surface area contributed by atoms with E-state index >= 15 is 0 Å². The first kappa shape index (κ1) is 29.0. The smallest absolute Gasteiger partial charge is 0.326 e. The third-order valence-electron chi connectivity index (χ3n) is 7.84. The SMILES string of the molecule is CC(C)(C)c1ccc(C(=O)NC(Cc2ccc(-c3ncc(-c4ccc(N5CCCCC5)cc4)cn3)cc2)C(=O)O)cc1. The second-order valence-corrected chi connectivity index (χ2v) is 12.0. The Morgan fingerprint density at radius 3 is 1.98 bits per heavy atom. The third-order valence-corrected chi connectivity index (χ3v) is 7.84. The highest BCUT2D eigenvalue weighted by Gasteiger charge is 2.22. The van der Waals surface area contributed by atoms with Crippen LogP contribution in [0.25, 0.3) is 22.5 Å². The van der Waals surface area contributed by atoms with Crippen molar-refractivity contribution in [1.82, 2.24) is 15.3 Å². The van der Waals surface area contributed by atoms with Gasteiger partial charge in [0.25, 0.3) is 5.91 Å². The molecule has 1 unspecified atom stereocenters. The molecule has 1 fully saturated rings. The van der Waals surface area contributed by atoms with Gasteiger partial charge in [0.05, 0.1) is 0 Å². The van der Waals surface area contributed by atoms with E-state index in [1.165, 1.54) is 24.9 Å². The van der Waals surface area contributed by atoms with Crippen molar-refractivity contribution in [3.8, 4) is 22.5 Å². The number of carbonyl (C=O) groups excluding carboxylic acids is 1. The number of anilines is 1. The Morgan fingerprint density at radius 2 is 1.40 bits per heavy atom. The average molecular weight is 563 g/mol. The predicted molar refractivity (Wildman–Crippen MR) is 167 cm³/mol. The molecule has 7 nitrogen and oxygen atoms in total. The van der Waals surface area contributed by atoms with Gasteiger partial charge in [-0.05, 0) is 65.6 Å². The van der Waals surface area contributed by atoms with E-state index in [-0.39, 0.29) is 11.8 Å². The minimum Gasteiger partial charge on any atom is -0.480 e. The molecule has 4 aromatic rings. The molecule has 0 aliphatic carbocycles. The lowest BCUT2D eigenvalue weighted by atomic mass is 9.86. The quantitative estimate of drug-likeness (QED) is 0.254. The molecular formula is C35H38N4O3. The lowest BCUT2D eigenvalue weighted by molar-refractivity contribution is -0.139. The van der Waals surface area contributed by atoms with Crippen molar-refractivity contribution >= 4 is 17.6 Å². The number of carbonyl (C=O) groups is 2. The summed E-state index contributed by atoms with van der Waals surface area (Å²) in [5.41, 5.74) is 6.42. The van der Waals surface area contributed by atoms with Crippen LogP contribution in [0.5, 0.6) is 0 Å². The average Bonchev–Trinajstić information content (AvgIpc) is 3.01. The zero-order valence-electron chi connectivity index (χ0n) is 24.5. The molecule has 7 heteroatoms. The minimum atomic E-state index is -1.08. The van der Waals surface area contributed by atoms with Gasteiger partial charge in [-0.1, -0.05) is 69.3 Å². The molecule has 1 aliphatic rings. The number of piperidine rings is 1. The summed E-state index contributed by atoms with van der Waals surface area (Å²) in [6.07, 6.45) is 7.64. The van der Waals surface area contributed by atoms with Crippen LogP contribution in [0.2, 0.25) is 0 Å². The zero-order valence-corrected chi connectivity index (χ0v) is 24.5. The van der Waals surface area contributed by atoms with Crippen LogP contribution < -0.4 is 10.2 Å². The number of carboxylic acid groups (broad SMARTS) is 1. The molecule has 1 saturated heterocycles. The monoisotopic (exact) mass is 562 g/mol. The van der Waals surface area contributed by atoms with Crippen LogP contribution in [0.1, 0.15) is 61.5 Å². The zero-order chi connectivity index (χ0) is 29.7. The fourth-order valence-corrected chi connectivity index (χ4v) is 5.23. The number of hydrogen-bond acceptors (Lipinski definition) is 5. The van der Waals surface area contributed by atoms with E-state index in [9.17, 15) is 14.7 Å². The Kier molecular flexibility index (Phi) is 8.67. The molecule has 3 aromatic carbocycles. The molecule has 1 aliphatic heterocycles. The van der Waals surface area contributed by atoms with Crippen LogP contribution in [0, 0.1) is 0 Å². The summed E-state index contributed by atoms with van der Waals surface area (Å²) >= 11 is 0. The molecule has 216 valence electrons. The molecule has 0 bridgehead atoms. The first-order valence-electron chi connectivity index (χ1n) is 14.6. The minimum absolute atomic E-state index is 0.0310. The highest BCUT2D eigenvalue weighted by atomic mass is 16.4. The van der Waals surface area contributed by atoms with Crippen molar-refractivity contribution in [2.45, 2.75) is 57.9 Å². The molecule has 1 atom stereocenters. The number of amides is 1. The van der Waals surface area contributed by atoms with Gasteiger partial charge in [-0.2, -0.15) is 0 Å². The fraction of sp³-hybridized carbons (Fsp3) is 0.314. The molecule has 2 heterocycles. The molecule has 5 rings (SSSR count). The van der Waals surface area contributed by atoms with E-state index in [1.54, 1.807) is 12.1 Å². The standard InChI is InChI=1S/C35H38N4O3/c1-35(2,3)29-15-11-27(12-16-29)33(40)38-31(34(41)42)21-24-7-9-26(10-8-24)32-36-22-28(23-37-32)25-13-17-30(18-14-25)39-19-5-4-6-20-39/h7-18,22-23,31H,4-6,19-21H2,1-3H3,(H,38,40)(H,41,42). The summed E-state index contributed by atoms with van der Waals surface area (Å²) in [7, 11) is 0. The van der Waals surface area contributed by atoms with Gasteiger partial charge in [0.15, 0.2) is 5.82 Å². The van der Waals surface area contributed by atoms with Crippen molar-refractivity contribution in [2.75, 3.05) is 18.0 Å². The second-order valence-electron chi connectivity index (χ2n) is 12.0. The van der Waals surface area contributed by atoms with E-state index in [2.05, 4.69) is 65.2 Å². The van der Waals surface area contributed by atoms with E-state index in [4.69, 9.17) is 0 Å². The summed E-state index contributed by atoms with van der Waals surface area (Å²) in [5.74, 6) is -0.896. The Balaban J connectivity index is 1.21. The molecule has 42 heavy (non-hydrogen) atoms. The summed E-state index contributed by atoms with van der Waals surface area (Å²) < 4.78 is 0.